The quantitative estimate of drug-likeness (QED) is 0.780. The minimum atomic E-state index is -1.73. The molecule has 0 spiro atoms. The van der Waals surface area contributed by atoms with E-state index in [1.807, 2.05) is 0 Å². The first-order valence-corrected chi connectivity index (χ1v) is 5.39. The number of halogens is 3. The Morgan fingerprint density at radius 3 is 2.38 bits per heavy atom. The van der Waals surface area contributed by atoms with Crippen LogP contribution < -0.4 is 5.32 Å². The highest BCUT2D eigenvalue weighted by atomic mass is 19.2. The van der Waals surface area contributed by atoms with Crippen molar-refractivity contribution in [2.45, 2.75) is 25.4 Å². The predicted octanol–water partition coefficient (Wildman–Crippen LogP) is 2.82. The van der Waals surface area contributed by atoms with E-state index in [4.69, 9.17) is 0 Å². The lowest BCUT2D eigenvalue weighted by molar-refractivity contribution is 0.109. The summed E-state index contributed by atoms with van der Waals surface area (Å²) in [5, 5.41) is 3.00. The largest absolute Gasteiger partial charge is 0.316 e. The number of hydrogen-bond donors (Lipinski definition) is 1. The molecule has 1 aromatic rings. The van der Waals surface area contributed by atoms with E-state index in [1.54, 1.807) is 0 Å². The van der Waals surface area contributed by atoms with Crippen LogP contribution in [0.1, 0.15) is 24.0 Å². The van der Waals surface area contributed by atoms with Crippen LogP contribution in [0.3, 0.4) is 0 Å². The van der Waals surface area contributed by atoms with Crippen molar-refractivity contribution in [3.8, 4) is 0 Å². The van der Waals surface area contributed by atoms with E-state index in [0.29, 0.717) is 13.1 Å². The van der Waals surface area contributed by atoms with Crippen LogP contribution in [-0.4, -0.2) is 13.1 Å². The van der Waals surface area contributed by atoms with Gasteiger partial charge in [0, 0.05) is 5.56 Å². The minimum absolute atomic E-state index is 0.142. The van der Waals surface area contributed by atoms with Crippen molar-refractivity contribution in [2.75, 3.05) is 13.1 Å². The summed E-state index contributed by atoms with van der Waals surface area (Å²) in [5.41, 5.74) is -1.67. The molecule has 1 aliphatic rings. The Labute approximate surface area is 92.7 Å². The van der Waals surface area contributed by atoms with Crippen LogP contribution in [0.4, 0.5) is 13.2 Å². The first-order valence-electron chi connectivity index (χ1n) is 5.39. The van der Waals surface area contributed by atoms with E-state index in [0.717, 1.165) is 0 Å². The van der Waals surface area contributed by atoms with Gasteiger partial charge in [-0.05, 0) is 38.4 Å². The van der Waals surface area contributed by atoms with Crippen molar-refractivity contribution in [2.24, 2.45) is 0 Å². The molecular formula is C12H14F3N. The van der Waals surface area contributed by atoms with Crippen molar-refractivity contribution in [1.82, 2.24) is 5.32 Å². The van der Waals surface area contributed by atoms with Crippen LogP contribution >= 0.6 is 0 Å². The molecule has 1 aliphatic heterocycles. The van der Waals surface area contributed by atoms with Crippen LogP contribution in [-0.2, 0) is 5.67 Å². The lowest BCUT2D eigenvalue weighted by Crippen LogP contribution is -2.37. The first kappa shape index (κ1) is 11.5. The lowest BCUT2D eigenvalue weighted by Gasteiger charge is -2.30. The standard InChI is InChI=1S/C12H14F3N/c1-8-2-3-9(11(14)10(8)13)12(15)4-6-16-7-5-12/h2-3,16H,4-7H2,1H3. The Hall–Kier alpha value is -1.03. The van der Waals surface area contributed by atoms with E-state index < -0.39 is 17.3 Å². The highest BCUT2D eigenvalue weighted by Crippen LogP contribution is 2.37. The molecule has 1 aromatic carbocycles. The molecule has 0 unspecified atom stereocenters. The van der Waals surface area contributed by atoms with Gasteiger partial charge in [0.2, 0.25) is 0 Å². The number of rotatable bonds is 1. The SMILES string of the molecule is Cc1ccc(C2(F)CCNCC2)c(F)c1F. The number of piperidine rings is 1. The molecule has 0 aliphatic carbocycles. The second kappa shape index (κ2) is 4.09. The summed E-state index contributed by atoms with van der Waals surface area (Å²) in [7, 11) is 0. The van der Waals surface area contributed by atoms with E-state index in [9.17, 15) is 13.2 Å². The molecule has 0 saturated carbocycles. The third-order valence-electron chi connectivity index (χ3n) is 3.15. The van der Waals surface area contributed by atoms with Gasteiger partial charge < -0.3 is 5.32 Å². The number of hydrogen-bond acceptors (Lipinski definition) is 1. The molecule has 1 fully saturated rings. The lowest BCUT2D eigenvalue weighted by atomic mass is 9.86. The van der Waals surface area contributed by atoms with E-state index in [2.05, 4.69) is 5.32 Å². The van der Waals surface area contributed by atoms with Gasteiger partial charge in [-0.15, -0.1) is 0 Å². The Kier molecular flexibility index (Phi) is 2.93. The minimum Gasteiger partial charge on any atom is -0.316 e. The molecule has 1 nitrogen and oxygen atoms in total. The van der Waals surface area contributed by atoms with E-state index >= 15 is 0 Å². The Morgan fingerprint density at radius 1 is 1.12 bits per heavy atom. The molecule has 0 amide bonds. The summed E-state index contributed by atoms with van der Waals surface area (Å²) in [5.74, 6) is -1.97. The van der Waals surface area contributed by atoms with Gasteiger partial charge in [0.05, 0.1) is 0 Å². The van der Waals surface area contributed by atoms with Gasteiger partial charge in [-0.2, -0.15) is 0 Å². The molecule has 1 N–H and O–H groups in total. The molecule has 2 rings (SSSR count). The average molecular weight is 229 g/mol. The van der Waals surface area contributed by atoms with Gasteiger partial charge in [0.1, 0.15) is 5.67 Å². The third kappa shape index (κ3) is 1.82. The van der Waals surface area contributed by atoms with Crippen molar-refractivity contribution < 1.29 is 13.2 Å². The molecule has 4 heteroatoms. The fourth-order valence-electron chi connectivity index (χ4n) is 2.08. The maximum Gasteiger partial charge on any atom is 0.165 e. The number of benzene rings is 1. The third-order valence-corrected chi connectivity index (χ3v) is 3.15. The van der Waals surface area contributed by atoms with Gasteiger partial charge in [-0.1, -0.05) is 12.1 Å². The van der Waals surface area contributed by atoms with Gasteiger partial charge in [0.25, 0.3) is 0 Å². The van der Waals surface area contributed by atoms with Crippen molar-refractivity contribution in [3.05, 3.63) is 34.9 Å². The second-order valence-electron chi connectivity index (χ2n) is 4.27. The fraction of sp³-hybridized carbons (Fsp3) is 0.500. The van der Waals surface area contributed by atoms with Crippen LogP contribution in [0.15, 0.2) is 12.1 Å². The number of aryl methyl sites for hydroxylation is 1. The smallest absolute Gasteiger partial charge is 0.165 e. The molecule has 1 saturated heterocycles. The van der Waals surface area contributed by atoms with Gasteiger partial charge >= 0.3 is 0 Å². The maximum absolute atomic E-state index is 14.4. The molecule has 0 bridgehead atoms. The summed E-state index contributed by atoms with van der Waals surface area (Å²) in [6.45, 7) is 2.45. The summed E-state index contributed by atoms with van der Waals surface area (Å²) in [6.07, 6.45) is 0.374. The zero-order valence-electron chi connectivity index (χ0n) is 9.12. The van der Waals surface area contributed by atoms with E-state index in [1.165, 1.54) is 19.1 Å². The topological polar surface area (TPSA) is 12.0 Å². The molecule has 88 valence electrons. The molecule has 16 heavy (non-hydrogen) atoms. The highest BCUT2D eigenvalue weighted by molar-refractivity contribution is 5.30. The first-order chi connectivity index (χ1) is 7.54. The number of alkyl halides is 1. The summed E-state index contributed by atoms with van der Waals surface area (Å²) >= 11 is 0. The van der Waals surface area contributed by atoms with Crippen LogP contribution in [0, 0.1) is 18.6 Å². The summed E-state index contributed by atoms with van der Waals surface area (Å²) in [4.78, 5) is 0. The predicted molar refractivity (Wildman–Crippen MR) is 56.0 cm³/mol. The van der Waals surface area contributed by atoms with E-state index in [-0.39, 0.29) is 24.0 Å². The highest BCUT2D eigenvalue weighted by Gasteiger charge is 2.37. The maximum atomic E-state index is 14.4. The molecule has 1 heterocycles. The van der Waals surface area contributed by atoms with Crippen LogP contribution in [0.5, 0.6) is 0 Å². The molecule has 0 radical (unpaired) electrons. The van der Waals surface area contributed by atoms with Crippen LogP contribution in [0.2, 0.25) is 0 Å². The summed E-state index contributed by atoms with van der Waals surface area (Å²) in [6, 6.07) is 2.79. The van der Waals surface area contributed by atoms with Crippen LogP contribution in [0.25, 0.3) is 0 Å². The Bertz CT molecular complexity index is 397. The Morgan fingerprint density at radius 2 is 1.75 bits per heavy atom. The average Bonchev–Trinajstić information content (AvgIpc) is 2.27. The molecule has 0 atom stereocenters. The Balaban J connectivity index is 2.43. The monoisotopic (exact) mass is 229 g/mol. The van der Waals surface area contributed by atoms with Crippen molar-refractivity contribution in [3.63, 3.8) is 0 Å². The molecular weight excluding hydrogens is 215 g/mol. The van der Waals surface area contributed by atoms with Gasteiger partial charge in [0.15, 0.2) is 11.6 Å². The summed E-state index contributed by atoms with van der Waals surface area (Å²) < 4.78 is 41.4. The number of nitrogens with one attached hydrogen (secondary N) is 1. The second-order valence-corrected chi connectivity index (χ2v) is 4.27. The van der Waals surface area contributed by atoms with Crippen molar-refractivity contribution >= 4 is 0 Å². The van der Waals surface area contributed by atoms with Gasteiger partial charge in [-0.3, -0.25) is 0 Å². The normalized spacial score (nSPS) is 19.8. The molecule has 0 aromatic heterocycles. The van der Waals surface area contributed by atoms with Crippen molar-refractivity contribution in [1.29, 1.82) is 0 Å². The zero-order chi connectivity index (χ0) is 11.8. The zero-order valence-corrected chi connectivity index (χ0v) is 9.12. The van der Waals surface area contributed by atoms with Gasteiger partial charge in [-0.25, -0.2) is 13.2 Å². The fourth-order valence-corrected chi connectivity index (χ4v) is 2.08.